The van der Waals surface area contributed by atoms with Gasteiger partial charge in [0.1, 0.15) is 11.5 Å². The van der Waals surface area contributed by atoms with Crippen LogP contribution in [0.4, 0.5) is 0 Å². The first-order valence-corrected chi connectivity index (χ1v) is 13.8. The molecule has 0 saturated heterocycles. The molecule has 0 radical (unpaired) electrons. The van der Waals surface area contributed by atoms with E-state index in [0.717, 1.165) is 0 Å². The van der Waals surface area contributed by atoms with Crippen LogP contribution in [0.2, 0.25) is 0 Å². The second kappa shape index (κ2) is 14.7. The molecule has 0 unspecified atom stereocenters. The topological polar surface area (TPSA) is 89.5 Å². The van der Waals surface area contributed by atoms with E-state index in [2.05, 4.69) is 0 Å². The molecule has 0 aromatic heterocycles. The van der Waals surface area contributed by atoms with Gasteiger partial charge in [-0.1, -0.05) is 60.7 Å². The van der Waals surface area contributed by atoms with Crippen LogP contribution in [0.25, 0.3) is 0 Å². The van der Waals surface area contributed by atoms with E-state index < -0.39 is 11.6 Å². The summed E-state index contributed by atoms with van der Waals surface area (Å²) in [6.45, 7) is 0.824. The molecule has 43 heavy (non-hydrogen) atoms. The summed E-state index contributed by atoms with van der Waals surface area (Å²) in [5.74, 6) is -2.45. The highest BCUT2D eigenvalue weighted by atomic mass is 16.7. The first-order valence-electron chi connectivity index (χ1n) is 13.8. The molecule has 8 heteroatoms. The lowest BCUT2D eigenvalue weighted by Gasteiger charge is -2.29. The third-order valence-corrected chi connectivity index (χ3v) is 7.11. The fourth-order valence-corrected chi connectivity index (χ4v) is 4.81. The Balaban J connectivity index is 1.28. The molecule has 0 aliphatic rings. The number of carbonyl (C=O) groups excluding carboxylic acids is 2. The van der Waals surface area contributed by atoms with Crippen molar-refractivity contribution in [2.75, 3.05) is 41.7 Å². The average Bonchev–Trinajstić information content (AvgIpc) is 3.07. The van der Waals surface area contributed by atoms with Crippen molar-refractivity contribution in [2.24, 2.45) is 0 Å². The van der Waals surface area contributed by atoms with E-state index in [1.54, 1.807) is 72.8 Å². The SMILES string of the molecule is COC(OC)(C(=O)c1ccc(OCCCOc2ccc(C(=O)C(OC)(OC)c3ccccc3)cc2)cc1)c1ccccc1. The summed E-state index contributed by atoms with van der Waals surface area (Å²) >= 11 is 0. The van der Waals surface area contributed by atoms with Crippen LogP contribution in [0.3, 0.4) is 0 Å². The summed E-state index contributed by atoms with van der Waals surface area (Å²) in [6, 6.07) is 31.9. The second-order valence-electron chi connectivity index (χ2n) is 9.54. The number of benzene rings is 4. The highest BCUT2D eigenvalue weighted by Gasteiger charge is 2.42. The molecule has 0 spiro atoms. The second-order valence-corrected chi connectivity index (χ2v) is 9.54. The van der Waals surface area contributed by atoms with E-state index >= 15 is 0 Å². The molecule has 0 bridgehead atoms. The van der Waals surface area contributed by atoms with Crippen LogP contribution in [-0.2, 0) is 30.5 Å². The summed E-state index contributed by atoms with van der Waals surface area (Å²) in [5, 5.41) is 0. The normalized spacial score (nSPS) is 11.6. The van der Waals surface area contributed by atoms with E-state index in [4.69, 9.17) is 28.4 Å². The van der Waals surface area contributed by atoms with Gasteiger partial charge >= 0.3 is 0 Å². The van der Waals surface area contributed by atoms with Crippen LogP contribution < -0.4 is 9.47 Å². The Morgan fingerprint density at radius 2 is 0.814 bits per heavy atom. The van der Waals surface area contributed by atoms with Crippen molar-refractivity contribution < 1.29 is 38.0 Å². The Morgan fingerprint density at radius 1 is 0.488 bits per heavy atom. The van der Waals surface area contributed by atoms with Crippen molar-refractivity contribution in [2.45, 2.75) is 18.0 Å². The van der Waals surface area contributed by atoms with E-state index in [9.17, 15) is 9.59 Å². The number of rotatable bonds is 16. The Bertz CT molecular complexity index is 1330. The minimum absolute atomic E-state index is 0.313. The maximum absolute atomic E-state index is 13.3. The Morgan fingerprint density at radius 3 is 1.12 bits per heavy atom. The van der Waals surface area contributed by atoms with Crippen molar-refractivity contribution >= 4 is 11.6 Å². The number of carbonyl (C=O) groups is 2. The van der Waals surface area contributed by atoms with Gasteiger partial charge in [0.2, 0.25) is 11.6 Å². The molecule has 4 aromatic carbocycles. The number of ketones is 2. The minimum Gasteiger partial charge on any atom is -0.493 e. The standard InChI is InChI=1S/C35H36O8/c1-38-34(39-2,28-12-7-5-8-13-28)32(36)26-16-20-30(21-17-26)42-24-11-25-43-31-22-18-27(19-23-31)33(37)35(40-3,41-4)29-14-9-6-10-15-29/h5-10,12-23H,11,24-25H2,1-4H3. The van der Waals surface area contributed by atoms with Crippen LogP contribution in [0, 0.1) is 0 Å². The maximum Gasteiger partial charge on any atom is 0.260 e. The molecule has 0 aliphatic heterocycles. The van der Waals surface area contributed by atoms with Crippen molar-refractivity contribution in [3.8, 4) is 11.5 Å². The molecule has 0 atom stereocenters. The lowest BCUT2D eigenvalue weighted by Crippen LogP contribution is -2.39. The summed E-state index contributed by atoms with van der Waals surface area (Å²) in [4.78, 5) is 26.7. The van der Waals surface area contributed by atoms with Gasteiger partial charge < -0.3 is 28.4 Å². The van der Waals surface area contributed by atoms with Crippen LogP contribution >= 0.6 is 0 Å². The lowest BCUT2D eigenvalue weighted by molar-refractivity contribution is -0.176. The molecule has 0 saturated carbocycles. The zero-order valence-electron chi connectivity index (χ0n) is 24.8. The monoisotopic (exact) mass is 584 g/mol. The molecular weight excluding hydrogens is 548 g/mol. The third kappa shape index (κ3) is 6.84. The van der Waals surface area contributed by atoms with Crippen molar-refractivity contribution in [1.82, 2.24) is 0 Å². The third-order valence-electron chi connectivity index (χ3n) is 7.11. The first-order chi connectivity index (χ1) is 20.9. The van der Waals surface area contributed by atoms with Crippen molar-refractivity contribution in [1.29, 1.82) is 0 Å². The van der Waals surface area contributed by atoms with Gasteiger partial charge in [-0.25, -0.2) is 0 Å². The number of methoxy groups -OCH3 is 4. The first kappa shape index (κ1) is 31.6. The van der Waals surface area contributed by atoms with Gasteiger partial charge in [-0.3, -0.25) is 9.59 Å². The van der Waals surface area contributed by atoms with Crippen molar-refractivity contribution in [3.05, 3.63) is 131 Å². The van der Waals surface area contributed by atoms with Crippen LogP contribution in [-0.4, -0.2) is 53.2 Å². The van der Waals surface area contributed by atoms with E-state index in [1.807, 2.05) is 36.4 Å². The molecule has 4 rings (SSSR count). The molecule has 4 aromatic rings. The Kier molecular flexibility index (Phi) is 10.8. The molecule has 0 fully saturated rings. The Labute approximate surface area is 252 Å². The van der Waals surface area contributed by atoms with Gasteiger partial charge in [0, 0.05) is 57.1 Å². The number of ether oxygens (including phenoxy) is 6. The smallest absolute Gasteiger partial charge is 0.260 e. The summed E-state index contributed by atoms with van der Waals surface area (Å²) in [7, 11) is 5.78. The molecule has 0 heterocycles. The average molecular weight is 585 g/mol. The van der Waals surface area contributed by atoms with E-state index in [-0.39, 0.29) is 11.6 Å². The van der Waals surface area contributed by atoms with Crippen LogP contribution in [0.15, 0.2) is 109 Å². The lowest BCUT2D eigenvalue weighted by atomic mass is 9.96. The largest absolute Gasteiger partial charge is 0.493 e. The Hall–Kier alpha value is -4.34. The predicted octanol–water partition coefficient (Wildman–Crippen LogP) is 6.19. The van der Waals surface area contributed by atoms with E-state index in [0.29, 0.717) is 53.4 Å². The van der Waals surface area contributed by atoms with Gasteiger partial charge in [0.25, 0.3) is 11.6 Å². The fraction of sp³-hybridized carbons (Fsp3) is 0.257. The molecular formula is C35H36O8. The van der Waals surface area contributed by atoms with Crippen LogP contribution in [0.1, 0.15) is 38.3 Å². The molecule has 224 valence electrons. The molecule has 8 nitrogen and oxygen atoms in total. The van der Waals surface area contributed by atoms with Crippen molar-refractivity contribution in [3.63, 3.8) is 0 Å². The fourth-order valence-electron chi connectivity index (χ4n) is 4.81. The van der Waals surface area contributed by atoms with Gasteiger partial charge in [-0.2, -0.15) is 0 Å². The van der Waals surface area contributed by atoms with Crippen LogP contribution in [0.5, 0.6) is 11.5 Å². The zero-order chi connectivity index (χ0) is 30.7. The van der Waals surface area contributed by atoms with Gasteiger partial charge in [0.05, 0.1) is 13.2 Å². The minimum atomic E-state index is -1.54. The highest BCUT2D eigenvalue weighted by molar-refractivity contribution is 6.02. The predicted molar refractivity (Wildman–Crippen MR) is 161 cm³/mol. The number of Topliss-reactive ketones (excluding diaryl/α,β-unsaturated/α-hetero) is 2. The zero-order valence-corrected chi connectivity index (χ0v) is 24.8. The quantitative estimate of drug-likeness (QED) is 0.0875. The maximum atomic E-state index is 13.3. The summed E-state index contributed by atoms with van der Waals surface area (Å²) in [5.41, 5.74) is 2.08. The van der Waals surface area contributed by atoms with Gasteiger partial charge in [-0.15, -0.1) is 0 Å². The summed E-state index contributed by atoms with van der Waals surface area (Å²) < 4.78 is 33.9. The van der Waals surface area contributed by atoms with E-state index in [1.165, 1.54) is 28.4 Å². The van der Waals surface area contributed by atoms with Gasteiger partial charge in [-0.05, 0) is 48.5 Å². The number of hydrogen-bond donors (Lipinski definition) is 0. The number of hydrogen-bond acceptors (Lipinski definition) is 8. The molecule has 0 N–H and O–H groups in total. The molecule has 0 aliphatic carbocycles. The van der Waals surface area contributed by atoms with Gasteiger partial charge in [0.15, 0.2) is 0 Å². The highest BCUT2D eigenvalue weighted by Crippen LogP contribution is 2.32. The molecule has 0 amide bonds. The summed E-state index contributed by atoms with van der Waals surface area (Å²) in [6.07, 6.45) is 0.621.